The molecule has 0 bridgehead atoms. The fraction of sp³-hybridized carbons (Fsp3) is 0.143. The van der Waals surface area contributed by atoms with Crippen LogP contribution in [0, 0.1) is 0 Å². The van der Waals surface area contributed by atoms with Crippen molar-refractivity contribution in [1.82, 2.24) is 0 Å². The molecule has 6 N–H and O–H groups in total. The zero-order valence-electron chi connectivity index (χ0n) is 8.02. The molecule has 2 atom stereocenters. The van der Waals surface area contributed by atoms with Gasteiger partial charge in [-0.25, -0.2) is 0 Å². The Hall–Kier alpha value is -0.190. The summed E-state index contributed by atoms with van der Waals surface area (Å²) in [6.45, 7) is 0. The molecule has 0 saturated heterocycles. The Labute approximate surface area is 97.2 Å². The predicted octanol–water partition coefficient (Wildman–Crippen LogP) is 1.63. The third kappa shape index (κ3) is 3.40. The number of halogens is 1. The summed E-state index contributed by atoms with van der Waals surface area (Å²) >= 11 is 5.62. The van der Waals surface area contributed by atoms with E-state index < -0.39 is 20.4 Å². The lowest BCUT2D eigenvalue weighted by atomic mass is 10.2. The maximum atomic E-state index is 11.3. The first-order valence-electron chi connectivity index (χ1n) is 4.10. The Kier molecular flexibility index (Phi) is 3.98. The Morgan fingerprint density at radius 2 is 1.44 bits per heavy atom. The van der Waals surface area contributed by atoms with E-state index in [0.717, 1.165) is 0 Å². The SMILES string of the molecule is NP(=O)(O)C(c1ccc(Cl)cc1)P(N)(=O)O. The highest BCUT2D eigenvalue weighted by molar-refractivity contribution is 7.73. The van der Waals surface area contributed by atoms with Gasteiger partial charge in [0.2, 0.25) is 0 Å². The summed E-state index contributed by atoms with van der Waals surface area (Å²) in [6, 6.07) is 5.49. The van der Waals surface area contributed by atoms with Crippen LogP contribution in [0.3, 0.4) is 0 Å². The van der Waals surface area contributed by atoms with Crippen LogP contribution >= 0.6 is 26.6 Å². The summed E-state index contributed by atoms with van der Waals surface area (Å²) in [5.41, 5.74) is 10.1. The number of nitrogens with two attached hydrogens (primary N) is 2. The first-order chi connectivity index (χ1) is 7.12. The number of rotatable bonds is 3. The minimum Gasteiger partial charge on any atom is -0.333 e. The number of hydrogen-bond acceptors (Lipinski definition) is 2. The quantitative estimate of drug-likeness (QED) is 0.625. The van der Waals surface area contributed by atoms with Crippen molar-refractivity contribution >= 4 is 26.6 Å². The molecule has 1 rings (SSSR count). The Morgan fingerprint density at radius 3 is 1.75 bits per heavy atom. The van der Waals surface area contributed by atoms with Crippen molar-refractivity contribution in [3.05, 3.63) is 34.9 Å². The van der Waals surface area contributed by atoms with E-state index in [0.29, 0.717) is 5.02 Å². The summed E-state index contributed by atoms with van der Waals surface area (Å²) in [5.74, 6) is 0. The number of benzene rings is 1. The second-order valence-electron chi connectivity index (χ2n) is 3.27. The van der Waals surface area contributed by atoms with Gasteiger partial charge in [0.25, 0.3) is 15.0 Å². The van der Waals surface area contributed by atoms with E-state index in [2.05, 4.69) is 0 Å². The van der Waals surface area contributed by atoms with E-state index in [4.69, 9.17) is 22.6 Å². The molecule has 6 nitrogen and oxygen atoms in total. The molecule has 9 heteroatoms. The van der Waals surface area contributed by atoms with Crippen LogP contribution in [0.4, 0.5) is 0 Å². The average molecular weight is 285 g/mol. The molecule has 0 aliphatic rings. The summed E-state index contributed by atoms with van der Waals surface area (Å²) in [6.07, 6.45) is 0. The molecule has 0 radical (unpaired) electrons. The standard InChI is InChI=1S/C7H11ClN2O4P2/c8-6-3-1-5(2-4-6)7(15(9,11)12)16(10,13)14/h1-4,7H,(H3,9,11,12)(H3,10,13,14). The van der Waals surface area contributed by atoms with Gasteiger partial charge in [-0.05, 0) is 17.7 Å². The highest BCUT2D eigenvalue weighted by Crippen LogP contribution is 2.66. The summed E-state index contributed by atoms with van der Waals surface area (Å²) in [4.78, 5) is 18.4. The summed E-state index contributed by atoms with van der Waals surface area (Å²) in [5, 5.41) is -1.31. The van der Waals surface area contributed by atoms with Crippen molar-refractivity contribution in [2.45, 2.75) is 5.40 Å². The molecule has 0 amide bonds. The minimum atomic E-state index is -4.32. The molecule has 0 heterocycles. The van der Waals surface area contributed by atoms with Gasteiger partial charge in [-0.3, -0.25) is 20.1 Å². The van der Waals surface area contributed by atoms with Crippen LogP contribution in [0.25, 0.3) is 0 Å². The van der Waals surface area contributed by atoms with E-state index >= 15 is 0 Å². The zero-order valence-corrected chi connectivity index (χ0v) is 10.6. The summed E-state index contributed by atoms with van der Waals surface area (Å²) < 4.78 is 22.7. The van der Waals surface area contributed by atoms with Crippen LogP contribution < -0.4 is 11.0 Å². The smallest absolute Gasteiger partial charge is 0.282 e. The maximum Gasteiger partial charge on any atom is 0.282 e. The van der Waals surface area contributed by atoms with Gasteiger partial charge in [0.05, 0.1) is 0 Å². The van der Waals surface area contributed by atoms with E-state index in [1.165, 1.54) is 24.3 Å². The van der Waals surface area contributed by atoms with Gasteiger partial charge in [-0.1, -0.05) is 23.7 Å². The van der Waals surface area contributed by atoms with Gasteiger partial charge in [0, 0.05) is 5.02 Å². The van der Waals surface area contributed by atoms with Crippen molar-refractivity contribution in [2.24, 2.45) is 11.0 Å². The van der Waals surface area contributed by atoms with Crippen LogP contribution in [-0.4, -0.2) is 9.79 Å². The molecule has 16 heavy (non-hydrogen) atoms. The predicted molar refractivity (Wildman–Crippen MR) is 62.2 cm³/mol. The van der Waals surface area contributed by atoms with Crippen LogP contribution in [0.2, 0.25) is 5.02 Å². The second-order valence-corrected chi connectivity index (χ2v) is 7.84. The van der Waals surface area contributed by atoms with Gasteiger partial charge in [-0.2, -0.15) is 0 Å². The lowest BCUT2D eigenvalue weighted by Gasteiger charge is -2.21. The average Bonchev–Trinajstić information content (AvgIpc) is 2.03. The normalized spacial score (nSPS) is 20.8. The fourth-order valence-corrected chi connectivity index (χ4v) is 4.52. The molecular weight excluding hydrogens is 273 g/mol. The third-order valence-electron chi connectivity index (χ3n) is 1.87. The molecule has 0 aromatic heterocycles. The topological polar surface area (TPSA) is 127 Å². The Bertz CT molecular complexity index is 444. The molecule has 1 aromatic carbocycles. The Balaban J connectivity index is 3.29. The molecule has 90 valence electrons. The third-order valence-corrected chi connectivity index (χ3v) is 6.10. The summed E-state index contributed by atoms with van der Waals surface area (Å²) in [7, 11) is -8.63. The molecule has 0 aliphatic heterocycles. The van der Waals surface area contributed by atoms with Gasteiger partial charge in [-0.15, -0.1) is 0 Å². The Morgan fingerprint density at radius 1 is 1.06 bits per heavy atom. The zero-order chi connectivity index (χ0) is 12.6. The van der Waals surface area contributed by atoms with Crippen LogP contribution in [0.1, 0.15) is 11.0 Å². The molecule has 2 unspecified atom stereocenters. The lowest BCUT2D eigenvalue weighted by molar-refractivity contribution is 0.452. The first-order valence-corrected chi connectivity index (χ1v) is 8.07. The molecular formula is C7H11ClN2O4P2. The van der Waals surface area contributed by atoms with Crippen molar-refractivity contribution in [3.8, 4) is 0 Å². The molecule has 0 saturated carbocycles. The maximum absolute atomic E-state index is 11.3. The van der Waals surface area contributed by atoms with Gasteiger partial charge >= 0.3 is 0 Å². The van der Waals surface area contributed by atoms with Crippen LogP contribution in [0.5, 0.6) is 0 Å². The minimum absolute atomic E-state index is 0.103. The van der Waals surface area contributed by atoms with Crippen LogP contribution in [-0.2, 0) is 9.13 Å². The second kappa shape index (κ2) is 4.59. The van der Waals surface area contributed by atoms with Crippen molar-refractivity contribution in [2.75, 3.05) is 0 Å². The first kappa shape index (κ1) is 13.9. The van der Waals surface area contributed by atoms with Gasteiger partial charge in [0.1, 0.15) is 0 Å². The fourth-order valence-electron chi connectivity index (χ4n) is 1.30. The highest BCUT2D eigenvalue weighted by Gasteiger charge is 2.41. The number of hydrogen-bond donors (Lipinski definition) is 4. The van der Waals surface area contributed by atoms with Crippen LogP contribution in [0.15, 0.2) is 24.3 Å². The lowest BCUT2D eigenvalue weighted by Crippen LogP contribution is -2.11. The van der Waals surface area contributed by atoms with Crippen molar-refractivity contribution < 1.29 is 18.9 Å². The monoisotopic (exact) mass is 284 g/mol. The van der Waals surface area contributed by atoms with E-state index in [1.807, 2.05) is 0 Å². The molecule has 0 spiro atoms. The highest BCUT2D eigenvalue weighted by atomic mass is 35.5. The molecule has 0 fully saturated rings. The van der Waals surface area contributed by atoms with Crippen molar-refractivity contribution in [3.63, 3.8) is 0 Å². The van der Waals surface area contributed by atoms with Gasteiger partial charge < -0.3 is 9.79 Å². The van der Waals surface area contributed by atoms with Crippen molar-refractivity contribution in [1.29, 1.82) is 0 Å². The largest absolute Gasteiger partial charge is 0.333 e. The van der Waals surface area contributed by atoms with E-state index in [1.54, 1.807) is 0 Å². The van der Waals surface area contributed by atoms with Gasteiger partial charge in [0.15, 0.2) is 5.40 Å². The van der Waals surface area contributed by atoms with E-state index in [9.17, 15) is 18.9 Å². The molecule has 0 aliphatic carbocycles. The molecule has 1 aromatic rings. The van der Waals surface area contributed by atoms with E-state index in [-0.39, 0.29) is 5.56 Å².